The van der Waals surface area contributed by atoms with Crippen LogP contribution >= 0.6 is 11.8 Å². The van der Waals surface area contributed by atoms with Crippen LogP contribution in [0.1, 0.15) is 63.2 Å². The highest BCUT2D eigenvalue weighted by molar-refractivity contribution is 7.99. The molecule has 1 saturated carbocycles. The number of nitrogens with one attached hydrogen (secondary N) is 2. The first kappa shape index (κ1) is 23.4. The minimum atomic E-state index is -0.0344. The third-order valence-electron chi connectivity index (χ3n) is 7.22. The molecule has 2 N–H and O–H groups in total. The first-order chi connectivity index (χ1) is 16.7. The SMILES string of the molecule is O=C1NC(SCCCC(=O)N2CCC(c3nnc(-c4ccccc4)o3)CC2)NC2CCCCC12. The summed E-state index contributed by atoms with van der Waals surface area (Å²) >= 11 is 1.70. The van der Waals surface area contributed by atoms with Crippen LogP contribution in [-0.4, -0.2) is 57.3 Å². The molecule has 3 unspecified atom stereocenters. The van der Waals surface area contributed by atoms with Crippen molar-refractivity contribution in [3.05, 3.63) is 36.2 Å². The predicted molar refractivity (Wildman–Crippen MR) is 131 cm³/mol. The van der Waals surface area contributed by atoms with Crippen LogP contribution in [0.15, 0.2) is 34.7 Å². The summed E-state index contributed by atoms with van der Waals surface area (Å²) in [6.45, 7) is 1.45. The molecule has 2 amide bonds. The molecule has 1 aliphatic carbocycles. The number of likely N-dealkylation sites (tertiary alicyclic amines) is 1. The zero-order chi connectivity index (χ0) is 23.3. The van der Waals surface area contributed by atoms with Crippen LogP contribution in [0.25, 0.3) is 11.5 Å². The van der Waals surface area contributed by atoms with E-state index in [9.17, 15) is 9.59 Å². The van der Waals surface area contributed by atoms with Crippen molar-refractivity contribution in [3.63, 3.8) is 0 Å². The van der Waals surface area contributed by atoms with E-state index in [0.29, 0.717) is 24.2 Å². The minimum Gasteiger partial charge on any atom is -0.420 e. The lowest BCUT2D eigenvalue weighted by atomic mass is 9.83. The average Bonchev–Trinajstić information content (AvgIpc) is 3.38. The van der Waals surface area contributed by atoms with Crippen molar-refractivity contribution in [2.24, 2.45) is 5.92 Å². The Balaban J connectivity index is 1.01. The number of carbonyl (C=O) groups is 2. The van der Waals surface area contributed by atoms with Crippen LogP contribution in [-0.2, 0) is 9.59 Å². The molecule has 9 heteroatoms. The number of fused-ring (bicyclic) bond motifs is 1. The zero-order valence-electron chi connectivity index (χ0n) is 19.4. The van der Waals surface area contributed by atoms with Gasteiger partial charge in [-0.15, -0.1) is 22.0 Å². The molecule has 1 aromatic heterocycles. The van der Waals surface area contributed by atoms with E-state index in [1.807, 2.05) is 35.2 Å². The van der Waals surface area contributed by atoms with Crippen molar-refractivity contribution >= 4 is 23.6 Å². The Hall–Kier alpha value is -2.39. The molecule has 3 atom stereocenters. The number of carbonyl (C=O) groups excluding carboxylic acids is 2. The van der Waals surface area contributed by atoms with Crippen molar-refractivity contribution < 1.29 is 14.0 Å². The average molecular weight is 484 g/mol. The molecule has 8 nitrogen and oxygen atoms in total. The number of rotatable bonds is 7. The predicted octanol–water partition coefficient (Wildman–Crippen LogP) is 3.52. The highest BCUT2D eigenvalue weighted by Crippen LogP contribution is 2.31. The molecule has 2 aromatic rings. The molecule has 3 aliphatic rings. The van der Waals surface area contributed by atoms with Gasteiger partial charge in [0, 0.05) is 37.0 Å². The molecule has 2 aliphatic heterocycles. The van der Waals surface area contributed by atoms with Gasteiger partial charge >= 0.3 is 0 Å². The highest BCUT2D eigenvalue weighted by atomic mass is 32.2. The van der Waals surface area contributed by atoms with E-state index in [0.717, 1.165) is 62.9 Å². The fourth-order valence-corrected chi connectivity index (χ4v) is 6.28. The number of thioether (sulfide) groups is 1. The lowest BCUT2D eigenvalue weighted by molar-refractivity contribution is -0.132. The van der Waals surface area contributed by atoms with E-state index < -0.39 is 0 Å². The second-order valence-electron chi connectivity index (χ2n) is 9.49. The van der Waals surface area contributed by atoms with Gasteiger partial charge in [0.25, 0.3) is 0 Å². The first-order valence-electron chi connectivity index (χ1n) is 12.5. The number of nitrogens with zero attached hydrogens (tertiary/aromatic N) is 3. The Morgan fingerprint density at radius 3 is 2.71 bits per heavy atom. The van der Waals surface area contributed by atoms with E-state index in [1.54, 1.807) is 11.8 Å². The van der Waals surface area contributed by atoms with Crippen molar-refractivity contribution in [2.45, 2.75) is 68.8 Å². The van der Waals surface area contributed by atoms with Gasteiger partial charge in [-0.2, -0.15) is 0 Å². The molecule has 2 saturated heterocycles. The van der Waals surface area contributed by atoms with Gasteiger partial charge < -0.3 is 14.6 Å². The largest absolute Gasteiger partial charge is 0.420 e. The number of aromatic nitrogens is 2. The van der Waals surface area contributed by atoms with Crippen LogP contribution in [0.4, 0.5) is 0 Å². The standard InChI is InChI=1S/C25H33N5O3S/c31-21(11-6-16-34-25-26-20-10-5-4-9-19(20)22(32)27-25)30-14-12-18(13-15-30)24-29-28-23(33-24)17-7-2-1-3-8-17/h1-3,7-8,18-20,25-26H,4-6,9-16H2,(H,27,32). The van der Waals surface area contributed by atoms with E-state index >= 15 is 0 Å². The van der Waals surface area contributed by atoms with Gasteiger partial charge in [0.15, 0.2) is 0 Å². The monoisotopic (exact) mass is 483 g/mol. The molecule has 0 radical (unpaired) electrons. The lowest BCUT2D eigenvalue weighted by Crippen LogP contribution is -2.60. The fraction of sp³-hybridized carbons (Fsp3) is 0.600. The summed E-state index contributed by atoms with van der Waals surface area (Å²) in [4.78, 5) is 27.0. The molecule has 182 valence electrons. The number of hydrogen-bond acceptors (Lipinski definition) is 7. The highest BCUT2D eigenvalue weighted by Gasteiger charge is 2.37. The second kappa shape index (κ2) is 10.9. The maximum absolute atomic E-state index is 12.7. The summed E-state index contributed by atoms with van der Waals surface area (Å²) in [7, 11) is 0. The van der Waals surface area contributed by atoms with Gasteiger partial charge in [-0.05, 0) is 50.0 Å². The molecule has 3 fully saturated rings. The summed E-state index contributed by atoms with van der Waals surface area (Å²) in [5.41, 5.74) is 0.890. The zero-order valence-corrected chi connectivity index (χ0v) is 20.3. The molecular formula is C25H33N5O3S. The molecular weight excluding hydrogens is 450 g/mol. The first-order valence-corrected chi connectivity index (χ1v) is 13.6. The van der Waals surface area contributed by atoms with Crippen LogP contribution in [0.2, 0.25) is 0 Å². The van der Waals surface area contributed by atoms with Gasteiger partial charge in [-0.25, -0.2) is 0 Å². The van der Waals surface area contributed by atoms with Crippen molar-refractivity contribution in [1.82, 2.24) is 25.7 Å². The topological polar surface area (TPSA) is 100 Å². The van der Waals surface area contributed by atoms with Crippen molar-refractivity contribution in [3.8, 4) is 11.5 Å². The summed E-state index contributed by atoms with van der Waals surface area (Å²) in [6.07, 6.45) is 7.48. The van der Waals surface area contributed by atoms with Gasteiger partial charge in [-0.3, -0.25) is 14.9 Å². The van der Waals surface area contributed by atoms with Crippen LogP contribution in [0.3, 0.4) is 0 Å². The number of benzene rings is 1. The Kier molecular flexibility index (Phi) is 7.49. The molecule has 3 heterocycles. The van der Waals surface area contributed by atoms with Crippen LogP contribution in [0.5, 0.6) is 0 Å². The molecule has 34 heavy (non-hydrogen) atoms. The van der Waals surface area contributed by atoms with Crippen molar-refractivity contribution in [2.75, 3.05) is 18.8 Å². The molecule has 5 rings (SSSR count). The maximum Gasteiger partial charge on any atom is 0.247 e. The van der Waals surface area contributed by atoms with Crippen LogP contribution < -0.4 is 10.6 Å². The molecule has 1 aromatic carbocycles. The fourth-order valence-electron chi connectivity index (χ4n) is 5.26. The van der Waals surface area contributed by atoms with Crippen molar-refractivity contribution in [1.29, 1.82) is 0 Å². The van der Waals surface area contributed by atoms with Gasteiger partial charge in [0.1, 0.15) is 5.50 Å². The van der Waals surface area contributed by atoms with Crippen LogP contribution in [0, 0.1) is 5.92 Å². The summed E-state index contributed by atoms with van der Waals surface area (Å²) in [5.74, 6) is 2.81. The molecule has 0 bridgehead atoms. The summed E-state index contributed by atoms with van der Waals surface area (Å²) in [6, 6.07) is 10.1. The third-order valence-corrected chi connectivity index (χ3v) is 8.33. The number of piperidine rings is 1. The smallest absolute Gasteiger partial charge is 0.247 e. The number of amides is 2. The maximum atomic E-state index is 12.7. The van der Waals surface area contributed by atoms with E-state index in [1.165, 1.54) is 6.42 Å². The van der Waals surface area contributed by atoms with Gasteiger partial charge in [0.05, 0.1) is 5.92 Å². The Morgan fingerprint density at radius 2 is 1.88 bits per heavy atom. The Labute approximate surface area is 204 Å². The molecule has 0 spiro atoms. The Morgan fingerprint density at radius 1 is 1.09 bits per heavy atom. The Bertz CT molecular complexity index is 976. The van der Waals surface area contributed by atoms with Gasteiger partial charge in [0.2, 0.25) is 23.6 Å². The lowest BCUT2D eigenvalue weighted by Gasteiger charge is -2.39. The quantitative estimate of drug-likeness (QED) is 0.581. The summed E-state index contributed by atoms with van der Waals surface area (Å²) < 4.78 is 5.92. The number of hydrogen-bond donors (Lipinski definition) is 2. The van der Waals surface area contributed by atoms with E-state index in [-0.39, 0.29) is 29.1 Å². The third kappa shape index (κ3) is 5.46. The van der Waals surface area contributed by atoms with Gasteiger partial charge in [-0.1, -0.05) is 31.0 Å². The summed E-state index contributed by atoms with van der Waals surface area (Å²) in [5, 5.41) is 15.1. The second-order valence-corrected chi connectivity index (χ2v) is 10.7. The minimum absolute atomic E-state index is 0.0344. The normalized spacial score (nSPS) is 25.6. The van der Waals surface area contributed by atoms with E-state index in [2.05, 4.69) is 20.8 Å². The van der Waals surface area contributed by atoms with E-state index in [4.69, 9.17) is 4.42 Å².